The Morgan fingerprint density at radius 2 is 2.05 bits per heavy atom. The van der Waals surface area contributed by atoms with Gasteiger partial charge in [0, 0.05) is 36.2 Å². The van der Waals surface area contributed by atoms with Gasteiger partial charge in [0.05, 0.1) is 12.1 Å². The van der Waals surface area contributed by atoms with Crippen LogP contribution in [-0.4, -0.2) is 14.5 Å². The van der Waals surface area contributed by atoms with Crippen molar-refractivity contribution in [2.75, 3.05) is 5.32 Å². The summed E-state index contributed by atoms with van der Waals surface area (Å²) in [5.41, 5.74) is 3.35. The summed E-state index contributed by atoms with van der Waals surface area (Å²) in [7, 11) is 0. The second kappa shape index (κ2) is 5.33. The maximum atomic E-state index is 4.46. The first-order chi connectivity index (χ1) is 9.79. The molecule has 0 atom stereocenters. The van der Waals surface area contributed by atoms with Crippen LogP contribution in [0.3, 0.4) is 0 Å². The van der Waals surface area contributed by atoms with E-state index in [0.29, 0.717) is 6.54 Å². The quantitative estimate of drug-likeness (QED) is 0.787. The molecule has 2 heterocycles. The molecule has 0 fully saturated rings. The van der Waals surface area contributed by atoms with Crippen LogP contribution >= 0.6 is 0 Å². The molecule has 3 aromatic rings. The predicted octanol–water partition coefficient (Wildman–Crippen LogP) is 3.37. The minimum atomic E-state index is 0.716. The number of nitrogens with one attached hydrogen (secondary N) is 1. The van der Waals surface area contributed by atoms with Gasteiger partial charge in [-0.05, 0) is 37.6 Å². The van der Waals surface area contributed by atoms with Crippen molar-refractivity contribution in [1.82, 2.24) is 14.5 Å². The number of aryl methyl sites for hydroxylation is 2. The first-order valence-corrected chi connectivity index (χ1v) is 6.88. The first kappa shape index (κ1) is 12.7. The number of anilines is 1. The zero-order valence-electron chi connectivity index (χ0n) is 11.8. The van der Waals surface area contributed by atoms with Gasteiger partial charge in [-0.15, -0.1) is 0 Å². The van der Waals surface area contributed by atoms with Gasteiger partial charge in [-0.1, -0.05) is 6.07 Å². The molecule has 3 rings (SSSR count). The Bertz CT molecular complexity index is 730. The zero-order chi connectivity index (χ0) is 13.9. The van der Waals surface area contributed by atoms with E-state index in [1.54, 1.807) is 0 Å². The summed E-state index contributed by atoms with van der Waals surface area (Å²) in [5.74, 6) is 1.05. The van der Waals surface area contributed by atoms with Crippen molar-refractivity contribution in [2.24, 2.45) is 0 Å². The molecule has 1 aromatic carbocycles. The molecule has 0 spiro atoms. The van der Waals surface area contributed by atoms with Crippen LogP contribution in [0.5, 0.6) is 0 Å². The van der Waals surface area contributed by atoms with Crippen molar-refractivity contribution >= 4 is 16.6 Å². The summed E-state index contributed by atoms with van der Waals surface area (Å²) >= 11 is 0. The van der Waals surface area contributed by atoms with Gasteiger partial charge in [0.2, 0.25) is 0 Å². The number of rotatable bonds is 4. The van der Waals surface area contributed by atoms with Crippen molar-refractivity contribution in [1.29, 1.82) is 0 Å². The van der Waals surface area contributed by atoms with Crippen LogP contribution in [0.1, 0.15) is 18.3 Å². The summed E-state index contributed by atoms with van der Waals surface area (Å²) in [4.78, 5) is 8.84. The van der Waals surface area contributed by atoms with Crippen LogP contribution in [0.25, 0.3) is 10.9 Å². The molecule has 0 aliphatic carbocycles. The SMILES string of the molecule is CCn1ccnc1CNc1ccc(C)c2ncccc12. The fourth-order valence-corrected chi connectivity index (χ4v) is 2.44. The average molecular weight is 266 g/mol. The van der Waals surface area contributed by atoms with Crippen LogP contribution < -0.4 is 5.32 Å². The van der Waals surface area contributed by atoms with Crippen molar-refractivity contribution < 1.29 is 0 Å². The third-order valence-corrected chi connectivity index (χ3v) is 3.55. The number of benzene rings is 1. The molecule has 4 heteroatoms. The van der Waals surface area contributed by atoms with Gasteiger partial charge in [0.1, 0.15) is 5.82 Å². The van der Waals surface area contributed by atoms with E-state index in [1.165, 1.54) is 5.56 Å². The van der Waals surface area contributed by atoms with Gasteiger partial charge >= 0.3 is 0 Å². The predicted molar refractivity (Wildman–Crippen MR) is 81.7 cm³/mol. The van der Waals surface area contributed by atoms with E-state index in [2.05, 4.69) is 51.9 Å². The highest BCUT2D eigenvalue weighted by Gasteiger charge is 2.05. The summed E-state index contributed by atoms with van der Waals surface area (Å²) in [5, 5.41) is 4.62. The van der Waals surface area contributed by atoms with Gasteiger partial charge in [0.15, 0.2) is 0 Å². The molecule has 2 aromatic heterocycles. The summed E-state index contributed by atoms with van der Waals surface area (Å²) in [6.07, 6.45) is 5.68. The number of fused-ring (bicyclic) bond motifs is 1. The fourth-order valence-electron chi connectivity index (χ4n) is 2.44. The van der Waals surface area contributed by atoms with E-state index in [1.807, 2.05) is 24.7 Å². The minimum absolute atomic E-state index is 0.716. The Hall–Kier alpha value is -2.36. The number of aromatic nitrogens is 3. The second-order valence-electron chi connectivity index (χ2n) is 4.81. The maximum absolute atomic E-state index is 4.46. The fraction of sp³-hybridized carbons (Fsp3) is 0.250. The molecule has 102 valence electrons. The van der Waals surface area contributed by atoms with Crippen LogP contribution in [0.2, 0.25) is 0 Å². The Labute approximate surface area is 118 Å². The van der Waals surface area contributed by atoms with Gasteiger partial charge in [-0.25, -0.2) is 4.98 Å². The lowest BCUT2D eigenvalue weighted by Crippen LogP contribution is -2.07. The van der Waals surface area contributed by atoms with Crippen molar-refractivity contribution in [2.45, 2.75) is 26.9 Å². The van der Waals surface area contributed by atoms with Crippen molar-refractivity contribution in [3.8, 4) is 0 Å². The molecule has 0 bridgehead atoms. The van der Waals surface area contributed by atoms with E-state index in [4.69, 9.17) is 0 Å². The lowest BCUT2D eigenvalue weighted by atomic mass is 10.1. The van der Waals surface area contributed by atoms with Crippen molar-refractivity contribution in [3.63, 3.8) is 0 Å². The highest BCUT2D eigenvalue weighted by molar-refractivity contribution is 5.93. The molecule has 1 N–H and O–H groups in total. The first-order valence-electron chi connectivity index (χ1n) is 6.88. The minimum Gasteiger partial charge on any atom is -0.377 e. The highest BCUT2D eigenvalue weighted by Crippen LogP contribution is 2.24. The van der Waals surface area contributed by atoms with Crippen LogP contribution in [-0.2, 0) is 13.1 Å². The Morgan fingerprint density at radius 3 is 2.90 bits per heavy atom. The molecule has 0 radical (unpaired) electrons. The number of pyridine rings is 1. The molecule has 0 aliphatic heterocycles. The van der Waals surface area contributed by atoms with E-state index in [9.17, 15) is 0 Å². The van der Waals surface area contributed by atoms with Gasteiger partial charge < -0.3 is 9.88 Å². The molecule has 0 unspecified atom stereocenters. The highest BCUT2D eigenvalue weighted by atomic mass is 15.1. The lowest BCUT2D eigenvalue weighted by Gasteiger charge is -2.11. The van der Waals surface area contributed by atoms with Crippen LogP contribution in [0.15, 0.2) is 42.9 Å². The topological polar surface area (TPSA) is 42.7 Å². The Kier molecular flexibility index (Phi) is 3.37. The molecule has 4 nitrogen and oxygen atoms in total. The van der Waals surface area contributed by atoms with Crippen LogP contribution in [0.4, 0.5) is 5.69 Å². The summed E-state index contributed by atoms with van der Waals surface area (Å²) < 4.78 is 2.14. The number of hydrogen-bond acceptors (Lipinski definition) is 3. The third-order valence-electron chi connectivity index (χ3n) is 3.55. The standard InChI is InChI=1S/C16H18N4/c1-3-20-10-9-17-15(20)11-19-14-7-6-12(2)16-13(14)5-4-8-18-16/h4-10,19H,3,11H2,1-2H3. The Morgan fingerprint density at radius 1 is 1.15 bits per heavy atom. The molecular weight excluding hydrogens is 248 g/mol. The van der Waals surface area contributed by atoms with Gasteiger partial charge in [-0.2, -0.15) is 0 Å². The number of nitrogens with zero attached hydrogens (tertiary/aromatic N) is 3. The maximum Gasteiger partial charge on any atom is 0.128 e. The third kappa shape index (κ3) is 2.25. The zero-order valence-corrected chi connectivity index (χ0v) is 11.8. The smallest absolute Gasteiger partial charge is 0.128 e. The molecule has 0 aliphatic rings. The van der Waals surface area contributed by atoms with Gasteiger partial charge in [0.25, 0.3) is 0 Å². The molecule has 0 amide bonds. The number of imidazole rings is 1. The normalized spacial score (nSPS) is 10.9. The van der Waals surface area contributed by atoms with Crippen LogP contribution in [0, 0.1) is 6.92 Å². The second-order valence-corrected chi connectivity index (χ2v) is 4.81. The van der Waals surface area contributed by atoms with E-state index >= 15 is 0 Å². The average Bonchev–Trinajstić information content (AvgIpc) is 2.94. The van der Waals surface area contributed by atoms with Crippen molar-refractivity contribution in [3.05, 3.63) is 54.2 Å². The number of hydrogen-bond donors (Lipinski definition) is 1. The van der Waals surface area contributed by atoms with Gasteiger partial charge in [-0.3, -0.25) is 4.98 Å². The largest absolute Gasteiger partial charge is 0.377 e. The molecule has 20 heavy (non-hydrogen) atoms. The molecule has 0 saturated heterocycles. The summed E-state index contributed by atoms with van der Waals surface area (Å²) in [6.45, 7) is 5.86. The summed E-state index contributed by atoms with van der Waals surface area (Å²) in [6, 6.07) is 8.28. The van der Waals surface area contributed by atoms with E-state index in [-0.39, 0.29) is 0 Å². The monoisotopic (exact) mass is 266 g/mol. The Balaban J connectivity index is 1.90. The lowest BCUT2D eigenvalue weighted by molar-refractivity contribution is 0.708. The molecule has 0 saturated carbocycles. The van der Waals surface area contributed by atoms with E-state index < -0.39 is 0 Å². The molecular formula is C16H18N4. The van der Waals surface area contributed by atoms with E-state index in [0.717, 1.165) is 29.0 Å².